The Labute approximate surface area is 138 Å². The second-order valence-corrected chi connectivity index (χ2v) is 9.39. The highest BCUT2D eigenvalue weighted by Crippen LogP contribution is 2.32. The third-order valence-electron chi connectivity index (χ3n) is 2.63. The lowest BCUT2D eigenvalue weighted by atomic mass is 10.1. The molecule has 0 aliphatic rings. The maximum atomic E-state index is 11.6. The number of rotatable bonds is 5. The minimum Gasteiger partial charge on any atom is -0.383 e. The minimum atomic E-state index is -4.75. The van der Waals surface area contributed by atoms with Crippen LogP contribution in [-0.4, -0.2) is 42.3 Å². The van der Waals surface area contributed by atoms with Gasteiger partial charge >= 0.3 is 20.2 Å². The fourth-order valence-electron chi connectivity index (χ4n) is 1.94. The molecule has 12 heteroatoms. The van der Waals surface area contributed by atoms with Gasteiger partial charge in [0.2, 0.25) is 0 Å². The van der Waals surface area contributed by atoms with Gasteiger partial charge in [0.15, 0.2) is 0 Å². The average Bonchev–Trinajstić information content (AvgIpc) is 2.33. The van der Waals surface area contributed by atoms with Gasteiger partial charge in [-0.05, 0) is 23.6 Å². The van der Waals surface area contributed by atoms with Crippen molar-refractivity contribution in [3.8, 4) is 11.5 Å². The first-order valence-electron chi connectivity index (χ1n) is 6.09. The number of benzene rings is 2. The predicted octanol–water partition coefficient (Wildman–Crippen LogP) is 0.763. The van der Waals surface area contributed by atoms with Crippen LogP contribution in [0.2, 0.25) is 0 Å². The molecule has 0 unspecified atom stereocenters. The Morgan fingerprint density at radius 3 is 1.83 bits per heavy atom. The van der Waals surface area contributed by atoms with Gasteiger partial charge in [-0.1, -0.05) is 6.07 Å². The molecule has 0 saturated heterocycles. The van der Waals surface area contributed by atoms with E-state index in [0.29, 0.717) is 0 Å². The summed E-state index contributed by atoms with van der Waals surface area (Å²) in [5.74, 6) is -0.499. The van der Waals surface area contributed by atoms with E-state index in [4.69, 9.17) is 0 Å². The monoisotopic (exact) mass is 396 g/mol. The molecular formula is C12H12O9S3. The van der Waals surface area contributed by atoms with Gasteiger partial charge in [-0.3, -0.25) is 4.55 Å². The SMILES string of the molecule is CS(=O)(=O)Oc1cc(S(=O)(=O)O)c2cc(OS(C)(=O)=O)ccc2c1. The van der Waals surface area contributed by atoms with Crippen LogP contribution in [0, 0.1) is 0 Å². The molecule has 0 aliphatic heterocycles. The van der Waals surface area contributed by atoms with E-state index in [1.165, 1.54) is 18.2 Å². The predicted molar refractivity (Wildman–Crippen MR) is 84.7 cm³/mol. The summed E-state index contributed by atoms with van der Waals surface area (Å²) in [6.45, 7) is 0. The van der Waals surface area contributed by atoms with E-state index in [2.05, 4.69) is 8.37 Å². The second-order valence-electron chi connectivity index (χ2n) is 4.85. The van der Waals surface area contributed by atoms with Gasteiger partial charge in [0.1, 0.15) is 16.4 Å². The van der Waals surface area contributed by atoms with E-state index in [9.17, 15) is 29.8 Å². The summed E-state index contributed by atoms with van der Waals surface area (Å²) >= 11 is 0. The lowest BCUT2D eigenvalue weighted by Crippen LogP contribution is -2.08. The molecule has 132 valence electrons. The Morgan fingerprint density at radius 1 is 0.792 bits per heavy atom. The molecule has 0 heterocycles. The topological polar surface area (TPSA) is 141 Å². The van der Waals surface area contributed by atoms with Crippen LogP contribution in [0.1, 0.15) is 0 Å². The van der Waals surface area contributed by atoms with Crippen molar-refractivity contribution in [3.05, 3.63) is 30.3 Å². The van der Waals surface area contributed by atoms with Gasteiger partial charge in [0.25, 0.3) is 10.1 Å². The summed E-state index contributed by atoms with van der Waals surface area (Å²) in [4.78, 5) is -0.655. The molecule has 0 bridgehead atoms. The third kappa shape index (κ3) is 4.80. The van der Waals surface area contributed by atoms with E-state index in [0.717, 1.165) is 24.6 Å². The summed E-state index contributed by atoms with van der Waals surface area (Å²) in [6, 6.07) is 5.64. The molecule has 0 fully saturated rings. The Bertz CT molecular complexity index is 1110. The molecule has 2 aromatic rings. The molecule has 0 atom stereocenters. The highest BCUT2D eigenvalue weighted by molar-refractivity contribution is 7.86. The Hall–Kier alpha value is -1.89. The maximum absolute atomic E-state index is 11.6. The van der Waals surface area contributed by atoms with Crippen molar-refractivity contribution in [1.82, 2.24) is 0 Å². The third-order valence-corrected chi connectivity index (χ3v) is 4.52. The van der Waals surface area contributed by atoms with E-state index >= 15 is 0 Å². The Kier molecular flexibility index (Phi) is 4.52. The average molecular weight is 396 g/mol. The zero-order valence-corrected chi connectivity index (χ0v) is 14.8. The van der Waals surface area contributed by atoms with E-state index < -0.39 is 35.2 Å². The van der Waals surface area contributed by atoms with Crippen LogP contribution >= 0.6 is 0 Å². The molecule has 0 amide bonds. The van der Waals surface area contributed by atoms with Gasteiger partial charge < -0.3 is 8.37 Å². The first-order valence-corrected chi connectivity index (χ1v) is 11.2. The first kappa shape index (κ1) is 18.4. The summed E-state index contributed by atoms with van der Waals surface area (Å²) in [5.41, 5.74) is 0. The summed E-state index contributed by atoms with van der Waals surface area (Å²) in [6.07, 6.45) is 1.58. The zero-order valence-electron chi connectivity index (χ0n) is 12.3. The van der Waals surface area contributed by atoms with Crippen LogP contribution in [0.15, 0.2) is 35.2 Å². The molecular weight excluding hydrogens is 384 g/mol. The number of fused-ring (bicyclic) bond motifs is 1. The largest absolute Gasteiger partial charge is 0.383 e. The molecule has 0 aliphatic carbocycles. The summed E-state index contributed by atoms with van der Waals surface area (Å²) in [7, 11) is -12.5. The second kappa shape index (κ2) is 5.88. The van der Waals surface area contributed by atoms with Crippen molar-refractivity contribution in [2.75, 3.05) is 12.5 Å². The summed E-state index contributed by atoms with van der Waals surface area (Å²) < 4.78 is 86.4. The first-order chi connectivity index (χ1) is 10.7. The Balaban J connectivity index is 2.75. The van der Waals surface area contributed by atoms with Gasteiger partial charge in [0.05, 0.1) is 12.5 Å². The van der Waals surface area contributed by atoms with Crippen molar-refractivity contribution >= 4 is 41.1 Å². The van der Waals surface area contributed by atoms with Gasteiger partial charge in [-0.25, -0.2) is 0 Å². The number of hydrogen-bond acceptors (Lipinski definition) is 8. The molecule has 0 saturated carbocycles. The fourth-order valence-corrected chi connectivity index (χ4v) is 3.56. The molecule has 0 aromatic heterocycles. The van der Waals surface area contributed by atoms with Gasteiger partial charge in [-0.15, -0.1) is 0 Å². The molecule has 24 heavy (non-hydrogen) atoms. The van der Waals surface area contributed by atoms with Crippen molar-refractivity contribution in [3.63, 3.8) is 0 Å². The lowest BCUT2D eigenvalue weighted by Gasteiger charge is -2.10. The van der Waals surface area contributed by atoms with Crippen molar-refractivity contribution < 1.29 is 38.2 Å². The van der Waals surface area contributed by atoms with Gasteiger partial charge in [-0.2, -0.15) is 25.3 Å². The lowest BCUT2D eigenvalue weighted by molar-refractivity contribution is 0.479. The van der Waals surface area contributed by atoms with Crippen molar-refractivity contribution in [1.29, 1.82) is 0 Å². The van der Waals surface area contributed by atoms with Crippen LogP contribution in [0.4, 0.5) is 0 Å². The minimum absolute atomic E-state index is 0.0699. The van der Waals surface area contributed by atoms with Crippen molar-refractivity contribution in [2.24, 2.45) is 0 Å². The van der Waals surface area contributed by atoms with Crippen LogP contribution in [0.5, 0.6) is 11.5 Å². The van der Waals surface area contributed by atoms with Crippen LogP contribution in [0.3, 0.4) is 0 Å². The van der Waals surface area contributed by atoms with Gasteiger partial charge in [0, 0.05) is 11.5 Å². The van der Waals surface area contributed by atoms with Crippen LogP contribution in [-0.2, 0) is 30.4 Å². The quantitative estimate of drug-likeness (QED) is 0.572. The highest BCUT2D eigenvalue weighted by atomic mass is 32.2. The zero-order chi connectivity index (χ0) is 18.3. The number of hydrogen-bond donors (Lipinski definition) is 1. The van der Waals surface area contributed by atoms with Crippen LogP contribution in [0.25, 0.3) is 10.8 Å². The van der Waals surface area contributed by atoms with Crippen molar-refractivity contribution in [2.45, 2.75) is 4.90 Å². The van der Waals surface area contributed by atoms with Crippen LogP contribution < -0.4 is 8.37 Å². The highest BCUT2D eigenvalue weighted by Gasteiger charge is 2.19. The molecule has 0 spiro atoms. The van der Waals surface area contributed by atoms with E-state index in [-0.39, 0.29) is 22.3 Å². The molecule has 9 nitrogen and oxygen atoms in total. The maximum Gasteiger partial charge on any atom is 0.306 e. The molecule has 1 N–H and O–H groups in total. The van der Waals surface area contributed by atoms with E-state index in [1.54, 1.807) is 0 Å². The molecule has 2 rings (SSSR count). The standard InChI is InChI=1S/C12H12O9S3/c1-22(13,14)20-9-4-3-8-5-10(21-23(2,15)16)7-12(11(8)6-9)24(17,18)19/h3-7H,1-2H3,(H,17,18,19). The molecule has 0 radical (unpaired) electrons. The molecule has 2 aromatic carbocycles. The Morgan fingerprint density at radius 2 is 1.33 bits per heavy atom. The normalized spacial score (nSPS) is 13.0. The smallest absolute Gasteiger partial charge is 0.306 e. The summed E-state index contributed by atoms with van der Waals surface area (Å²) in [5, 5.41) is 0.115. The van der Waals surface area contributed by atoms with E-state index in [1.807, 2.05) is 0 Å². The fraction of sp³-hybridized carbons (Fsp3) is 0.167.